The SMILES string of the molecule is CNC(=O)C1CCCCN1C1CNc2ccccc2C1. The van der Waals surface area contributed by atoms with Crippen molar-refractivity contribution in [2.24, 2.45) is 0 Å². The van der Waals surface area contributed by atoms with E-state index in [1.807, 2.05) is 0 Å². The van der Waals surface area contributed by atoms with Gasteiger partial charge in [0.05, 0.1) is 6.04 Å². The van der Waals surface area contributed by atoms with E-state index in [2.05, 4.69) is 39.8 Å². The fourth-order valence-electron chi connectivity index (χ4n) is 3.50. The first-order chi connectivity index (χ1) is 9.79. The van der Waals surface area contributed by atoms with Gasteiger partial charge in [-0.05, 0) is 37.4 Å². The second kappa shape index (κ2) is 5.83. The highest BCUT2D eigenvalue weighted by Gasteiger charge is 2.34. The molecule has 0 spiro atoms. The zero-order valence-corrected chi connectivity index (χ0v) is 12.1. The van der Waals surface area contributed by atoms with Crippen LogP contribution in [0.1, 0.15) is 24.8 Å². The average Bonchev–Trinajstić information content (AvgIpc) is 2.53. The lowest BCUT2D eigenvalue weighted by atomic mass is 9.93. The summed E-state index contributed by atoms with van der Waals surface area (Å²) in [5.41, 5.74) is 2.61. The molecule has 3 rings (SSSR count). The summed E-state index contributed by atoms with van der Waals surface area (Å²) in [5, 5.41) is 6.34. The lowest BCUT2D eigenvalue weighted by Crippen LogP contribution is -2.56. The van der Waals surface area contributed by atoms with Gasteiger partial charge in [-0.2, -0.15) is 0 Å². The summed E-state index contributed by atoms with van der Waals surface area (Å²) in [6, 6.07) is 8.96. The van der Waals surface area contributed by atoms with E-state index in [0.717, 1.165) is 32.4 Å². The largest absolute Gasteiger partial charge is 0.383 e. The molecule has 2 atom stereocenters. The van der Waals surface area contributed by atoms with Crippen molar-refractivity contribution in [3.8, 4) is 0 Å². The minimum absolute atomic E-state index is 0.0470. The van der Waals surface area contributed by atoms with Crippen LogP contribution in [0.3, 0.4) is 0 Å². The lowest BCUT2D eigenvalue weighted by molar-refractivity contribution is -0.128. The van der Waals surface area contributed by atoms with Crippen LogP contribution in [-0.4, -0.2) is 43.0 Å². The Balaban J connectivity index is 1.76. The van der Waals surface area contributed by atoms with Crippen molar-refractivity contribution in [2.45, 2.75) is 37.8 Å². The molecule has 20 heavy (non-hydrogen) atoms. The smallest absolute Gasteiger partial charge is 0.237 e. The molecule has 108 valence electrons. The first-order valence-electron chi connectivity index (χ1n) is 7.58. The number of likely N-dealkylation sites (tertiary alicyclic amines) is 1. The molecule has 1 saturated heterocycles. The van der Waals surface area contributed by atoms with Gasteiger partial charge >= 0.3 is 0 Å². The number of benzene rings is 1. The van der Waals surface area contributed by atoms with E-state index < -0.39 is 0 Å². The number of carbonyl (C=O) groups excluding carboxylic acids is 1. The van der Waals surface area contributed by atoms with Crippen LogP contribution in [0, 0.1) is 0 Å². The van der Waals surface area contributed by atoms with Gasteiger partial charge in [0.1, 0.15) is 0 Å². The van der Waals surface area contributed by atoms with Gasteiger partial charge in [-0.1, -0.05) is 24.6 Å². The maximum atomic E-state index is 12.1. The van der Waals surface area contributed by atoms with Crippen LogP contribution in [0.2, 0.25) is 0 Å². The maximum absolute atomic E-state index is 12.1. The zero-order chi connectivity index (χ0) is 13.9. The Morgan fingerprint density at radius 3 is 3.05 bits per heavy atom. The monoisotopic (exact) mass is 273 g/mol. The highest BCUT2D eigenvalue weighted by Crippen LogP contribution is 2.27. The van der Waals surface area contributed by atoms with Crippen LogP contribution < -0.4 is 10.6 Å². The van der Waals surface area contributed by atoms with E-state index in [-0.39, 0.29) is 11.9 Å². The van der Waals surface area contributed by atoms with Crippen LogP contribution in [0.15, 0.2) is 24.3 Å². The molecule has 4 heteroatoms. The molecule has 1 aromatic carbocycles. The Morgan fingerprint density at radius 2 is 2.20 bits per heavy atom. The van der Waals surface area contributed by atoms with Gasteiger partial charge < -0.3 is 10.6 Å². The van der Waals surface area contributed by atoms with E-state index in [1.54, 1.807) is 7.05 Å². The van der Waals surface area contributed by atoms with E-state index in [0.29, 0.717) is 6.04 Å². The molecule has 2 unspecified atom stereocenters. The quantitative estimate of drug-likeness (QED) is 0.860. The van der Waals surface area contributed by atoms with Crippen LogP contribution in [0.5, 0.6) is 0 Å². The fourth-order valence-corrected chi connectivity index (χ4v) is 3.50. The maximum Gasteiger partial charge on any atom is 0.237 e. The Kier molecular flexibility index (Phi) is 3.92. The van der Waals surface area contributed by atoms with Crippen LogP contribution in [-0.2, 0) is 11.2 Å². The Morgan fingerprint density at radius 1 is 1.35 bits per heavy atom. The van der Waals surface area contributed by atoms with E-state index in [1.165, 1.54) is 17.7 Å². The number of hydrogen-bond donors (Lipinski definition) is 2. The van der Waals surface area contributed by atoms with E-state index >= 15 is 0 Å². The molecule has 4 nitrogen and oxygen atoms in total. The van der Waals surface area contributed by atoms with Crippen LogP contribution in [0.25, 0.3) is 0 Å². The molecule has 0 aromatic heterocycles. The topological polar surface area (TPSA) is 44.4 Å². The number of nitrogens with one attached hydrogen (secondary N) is 2. The summed E-state index contributed by atoms with van der Waals surface area (Å²) in [5.74, 6) is 0.170. The molecule has 0 saturated carbocycles. The summed E-state index contributed by atoms with van der Waals surface area (Å²) in [4.78, 5) is 14.5. The van der Waals surface area contributed by atoms with Gasteiger partial charge in [-0.3, -0.25) is 9.69 Å². The first-order valence-corrected chi connectivity index (χ1v) is 7.58. The summed E-state index contributed by atoms with van der Waals surface area (Å²) < 4.78 is 0. The van der Waals surface area contributed by atoms with Gasteiger partial charge in [0.25, 0.3) is 0 Å². The molecular weight excluding hydrogens is 250 g/mol. The molecule has 1 amide bonds. The van der Waals surface area contributed by atoms with E-state index in [9.17, 15) is 4.79 Å². The number of piperidine rings is 1. The number of anilines is 1. The van der Waals surface area contributed by atoms with Crippen molar-refractivity contribution in [3.63, 3.8) is 0 Å². The number of hydrogen-bond acceptors (Lipinski definition) is 3. The molecule has 0 bridgehead atoms. The number of likely N-dealkylation sites (N-methyl/N-ethyl adjacent to an activating group) is 1. The fraction of sp³-hybridized carbons (Fsp3) is 0.562. The summed E-state index contributed by atoms with van der Waals surface area (Å²) in [6.07, 6.45) is 4.38. The highest BCUT2D eigenvalue weighted by atomic mass is 16.2. The molecular formula is C16H23N3O. The summed E-state index contributed by atoms with van der Waals surface area (Å²) in [6.45, 7) is 1.97. The summed E-state index contributed by atoms with van der Waals surface area (Å²) >= 11 is 0. The lowest BCUT2D eigenvalue weighted by Gasteiger charge is -2.42. The third-order valence-corrected chi connectivity index (χ3v) is 4.56. The number of amides is 1. The van der Waals surface area contributed by atoms with Crippen LogP contribution >= 0.6 is 0 Å². The second-order valence-electron chi connectivity index (χ2n) is 5.76. The average molecular weight is 273 g/mol. The van der Waals surface area contributed by atoms with Crippen molar-refractivity contribution in [1.29, 1.82) is 0 Å². The predicted molar refractivity (Wildman–Crippen MR) is 80.8 cm³/mol. The minimum atomic E-state index is 0.0470. The third kappa shape index (κ3) is 2.52. The first kappa shape index (κ1) is 13.4. The number of carbonyl (C=O) groups is 1. The van der Waals surface area contributed by atoms with Crippen LogP contribution in [0.4, 0.5) is 5.69 Å². The number of rotatable bonds is 2. The molecule has 2 heterocycles. The third-order valence-electron chi connectivity index (χ3n) is 4.56. The molecule has 2 aliphatic heterocycles. The van der Waals surface area contributed by atoms with Gasteiger partial charge in [0.15, 0.2) is 0 Å². The number of para-hydroxylation sites is 1. The molecule has 0 aliphatic carbocycles. The Bertz CT molecular complexity index is 488. The number of nitrogens with zero attached hydrogens (tertiary/aromatic N) is 1. The van der Waals surface area contributed by atoms with Gasteiger partial charge in [0, 0.05) is 25.3 Å². The van der Waals surface area contributed by atoms with Gasteiger partial charge in [0.2, 0.25) is 5.91 Å². The zero-order valence-electron chi connectivity index (χ0n) is 12.1. The van der Waals surface area contributed by atoms with Crippen molar-refractivity contribution < 1.29 is 4.79 Å². The Hall–Kier alpha value is -1.55. The van der Waals surface area contributed by atoms with Crippen molar-refractivity contribution in [1.82, 2.24) is 10.2 Å². The minimum Gasteiger partial charge on any atom is -0.383 e. The molecule has 1 aromatic rings. The molecule has 2 aliphatic rings. The standard InChI is InChI=1S/C16H23N3O/c1-17-16(20)15-8-4-5-9-19(15)13-10-12-6-2-3-7-14(12)18-11-13/h2-3,6-7,13,15,18H,4-5,8-11H2,1H3,(H,17,20). The predicted octanol–water partition coefficient (Wildman–Crippen LogP) is 1.62. The molecule has 1 fully saturated rings. The molecule has 2 N–H and O–H groups in total. The highest BCUT2D eigenvalue weighted by molar-refractivity contribution is 5.81. The number of fused-ring (bicyclic) bond motifs is 1. The van der Waals surface area contributed by atoms with Gasteiger partial charge in [-0.15, -0.1) is 0 Å². The molecule has 0 radical (unpaired) electrons. The normalized spacial score (nSPS) is 26.4. The Labute approximate surface area is 120 Å². The van der Waals surface area contributed by atoms with Crippen molar-refractivity contribution >= 4 is 11.6 Å². The van der Waals surface area contributed by atoms with Gasteiger partial charge in [-0.25, -0.2) is 0 Å². The second-order valence-corrected chi connectivity index (χ2v) is 5.76. The van der Waals surface area contributed by atoms with Crippen molar-refractivity contribution in [3.05, 3.63) is 29.8 Å². The summed E-state index contributed by atoms with van der Waals surface area (Å²) in [7, 11) is 1.74. The van der Waals surface area contributed by atoms with E-state index in [4.69, 9.17) is 0 Å². The van der Waals surface area contributed by atoms with Crippen molar-refractivity contribution in [2.75, 3.05) is 25.5 Å².